The first-order chi connectivity index (χ1) is 10.2. The third kappa shape index (κ3) is 2.97. The minimum Gasteiger partial charge on any atom is -0.491 e. The van der Waals surface area contributed by atoms with Gasteiger partial charge in [0.05, 0.1) is 18.0 Å². The van der Waals surface area contributed by atoms with Crippen LogP contribution in [-0.4, -0.2) is 12.6 Å². The lowest BCUT2D eigenvalue weighted by Gasteiger charge is -2.29. The molecule has 0 aliphatic heterocycles. The molecule has 3 nitrogen and oxygen atoms in total. The van der Waals surface area contributed by atoms with E-state index in [0.29, 0.717) is 6.04 Å². The van der Waals surface area contributed by atoms with Crippen LogP contribution in [0.2, 0.25) is 0 Å². The van der Waals surface area contributed by atoms with Crippen molar-refractivity contribution < 1.29 is 4.74 Å². The number of hydrogen-bond donors (Lipinski definition) is 2. The molecular formula is C18H28N2O. The SMILES string of the molecule is CCCOc1cccc(NC(C)C2CC3CCC2C3)c1N. The molecule has 3 N–H and O–H groups in total. The predicted octanol–water partition coefficient (Wildman–Crippen LogP) is 4.29. The maximum Gasteiger partial charge on any atom is 0.144 e. The number of fused-ring (bicyclic) bond motifs is 2. The van der Waals surface area contributed by atoms with Crippen LogP contribution in [0.4, 0.5) is 11.4 Å². The lowest BCUT2D eigenvalue weighted by molar-refractivity contribution is 0.304. The van der Waals surface area contributed by atoms with Crippen molar-refractivity contribution in [2.45, 2.75) is 52.0 Å². The van der Waals surface area contributed by atoms with E-state index in [9.17, 15) is 0 Å². The highest BCUT2D eigenvalue weighted by atomic mass is 16.5. The van der Waals surface area contributed by atoms with E-state index in [-0.39, 0.29) is 0 Å². The molecule has 2 aliphatic carbocycles. The molecule has 0 spiro atoms. The van der Waals surface area contributed by atoms with Crippen LogP contribution < -0.4 is 15.8 Å². The molecule has 4 unspecified atom stereocenters. The largest absolute Gasteiger partial charge is 0.491 e. The topological polar surface area (TPSA) is 47.3 Å². The molecular weight excluding hydrogens is 260 g/mol. The van der Waals surface area contributed by atoms with Crippen LogP contribution in [0, 0.1) is 17.8 Å². The summed E-state index contributed by atoms with van der Waals surface area (Å²) in [4.78, 5) is 0. The number of anilines is 2. The molecule has 4 atom stereocenters. The monoisotopic (exact) mass is 288 g/mol. The zero-order chi connectivity index (χ0) is 14.8. The molecule has 1 aromatic rings. The fraction of sp³-hybridized carbons (Fsp3) is 0.667. The quantitative estimate of drug-likeness (QED) is 0.767. The highest BCUT2D eigenvalue weighted by molar-refractivity contribution is 5.73. The van der Waals surface area contributed by atoms with Crippen LogP contribution in [0.25, 0.3) is 0 Å². The molecule has 116 valence electrons. The Morgan fingerprint density at radius 1 is 1.33 bits per heavy atom. The number of rotatable bonds is 6. The Labute approximate surface area is 128 Å². The van der Waals surface area contributed by atoms with E-state index in [4.69, 9.17) is 10.5 Å². The molecule has 2 bridgehead atoms. The third-order valence-electron chi connectivity index (χ3n) is 5.35. The van der Waals surface area contributed by atoms with Gasteiger partial charge in [-0.25, -0.2) is 0 Å². The number of para-hydroxylation sites is 1. The van der Waals surface area contributed by atoms with Crippen LogP contribution in [0.15, 0.2) is 18.2 Å². The van der Waals surface area contributed by atoms with Crippen molar-refractivity contribution >= 4 is 11.4 Å². The summed E-state index contributed by atoms with van der Waals surface area (Å²) in [6.07, 6.45) is 6.72. The third-order valence-corrected chi connectivity index (χ3v) is 5.35. The van der Waals surface area contributed by atoms with Gasteiger partial charge in [0, 0.05) is 6.04 Å². The number of ether oxygens (including phenoxy) is 1. The van der Waals surface area contributed by atoms with Gasteiger partial charge in [-0.1, -0.05) is 19.4 Å². The lowest BCUT2D eigenvalue weighted by Crippen LogP contribution is -2.30. The highest BCUT2D eigenvalue weighted by Gasteiger charge is 2.41. The van der Waals surface area contributed by atoms with Crippen LogP contribution in [-0.2, 0) is 0 Å². The van der Waals surface area contributed by atoms with E-state index >= 15 is 0 Å². The lowest BCUT2D eigenvalue weighted by atomic mass is 9.84. The summed E-state index contributed by atoms with van der Waals surface area (Å²) in [6.45, 7) is 5.13. The molecule has 3 heteroatoms. The van der Waals surface area contributed by atoms with Crippen molar-refractivity contribution in [3.05, 3.63) is 18.2 Å². The Kier molecular flexibility index (Phi) is 4.27. The number of benzene rings is 1. The summed E-state index contributed by atoms with van der Waals surface area (Å²) >= 11 is 0. The molecule has 0 heterocycles. The Morgan fingerprint density at radius 3 is 2.86 bits per heavy atom. The molecule has 0 saturated heterocycles. The molecule has 0 radical (unpaired) electrons. The molecule has 2 fully saturated rings. The van der Waals surface area contributed by atoms with Crippen molar-refractivity contribution in [1.29, 1.82) is 0 Å². The Balaban J connectivity index is 1.66. The maximum atomic E-state index is 6.26. The minimum atomic E-state index is 0.490. The van der Waals surface area contributed by atoms with Gasteiger partial charge in [0.25, 0.3) is 0 Å². The summed E-state index contributed by atoms with van der Waals surface area (Å²) in [5, 5.41) is 3.65. The van der Waals surface area contributed by atoms with Crippen LogP contribution in [0.5, 0.6) is 5.75 Å². The number of nitrogens with one attached hydrogen (secondary N) is 1. The van der Waals surface area contributed by atoms with Gasteiger partial charge in [0.1, 0.15) is 5.75 Å². The Hall–Kier alpha value is -1.38. The van der Waals surface area contributed by atoms with Crippen molar-refractivity contribution in [3.8, 4) is 5.75 Å². The molecule has 2 aliphatic rings. The molecule has 2 saturated carbocycles. The van der Waals surface area contributed by atoms with Gasteiger partial charge >= 0.3 is 0 Å². The fourth-order valence-corrected chi connectivity index (χ4v) is 4.27. The maximum absolute atomic E-state index is 6.26. The Bertz CT molecular complexity index is 488. The zero-order valence-electron chi connectivity index (χ0n) is 13.3. The van der Waals surface area contributed by atoms with Crippen LogP contribution in [0.3, 0.4) is 0 Å². The van der Waals surface area contributed by atoms with E-state index in [2.05, 4.69) is 25.2 Å². The van der Waals surface area contributed by atoms with Crippen molar-refractivity contribution in [2.75, 3.05) is 17.7 Å². The van der Waals surface area contributed by atoms with E-state index in [0.717, 1.165) is 47.9 Å². The summed E-state index contributed by atoms with van der Waals surface area (Å²) in [6, 6.07) is 6.54. The first kappa shape index (κ1) is 14.6. The average Bonchev–Trinajstić information content (AvgIpc) is 3.11. The van der Waals surface area contributed by atoms with Crippen molar-refractivity contribution in [2.24, 2.45) is 17.8 Å². The second-order valence-corrected chi connectivity index (χ2v) is 6.84. The second-order valence-electron chi connectivity index (χ2n) is 6.84. The van der Waals surface area contributed by atoms with Crippen LogP contribution in [0.1, 0.15) is 46.0 Å². The first-order valence-electron chi connectivity index (χ1n) is 8.46. The van der Waals surface area contributed by atoms with Gasteiger partial charge in [-0.05, 0) is 62.5 Å². The fourth-order valence-electron chi connectivity index (χ4n) is 4.27. The smallest absolute Gasteiger partial charge is 0.144 e. The van der Waals surface area contributed by atoms with Crippen LogP contribution >= 0.6 is 0 Å². The van der Waals surface area contributed by atoms with Gasteiger partial charge in [-0.15, -0.1) is 0 Å². The standard InChI is InChI=1S/C18H28N2O/c1-3-9-21-17-6-4-5-16(18(17)19)20-12(2)15-11-13-7-8-14(15)10-13/h4-6,12-15,20H,3,7-11,19H2,1-2H3. The van der Waals surface area contributed by atoms with Gasteiger partial charge in [0.2, 0.25) is 0 Å². The summed E-state index contributed by atoms with van der Waals surface area (Å²) in [5.74, 6) is 3.53. The molecule has 21 heavy (non-hydrogen) atoms. The molecule has 1 aromatic carbocycles. The summed E-state index contributed by atoms with van der Waals surface area (Å²) in [5.41, 5.74) is 8.04. The van der Waals surface area contributed by atoms with Gasteiger partial charge in [-0.2, -0.15) is 0 Å². The van der Waals surface area contributed by atoms with Gasteiger partial charge < -0.3 is 15.8 Å². The number of nitrogens with two attached hydrogens (primary N) is 1. The minimum absolute atomic E-state index is 0.490. The normalized spacial score (nSPS) is 28.6. The van der Waals surface area contributed by atoms with E-state index in [1.165, 1.54) is 25.7 Å². The second kappa shape index (κ2) is 6.17. The zero-order valence-corrected chi connectivity index (χ0v) is 13.3. The highest BCUT2D eigenvalue weighted by Crippen LogP contribution is 2.50. The summed E-state index contributed by atoms with van der Waals surface area (Å²) < 4.78 is 5.72. The number of hydrogen-bond acceptors (Lipinski definition) is 3. The Morgan fingerprint density at radius 2 is 2.19 bits per heavy atom. The van der Waals surface area contributed by atoms with Crippen molar-refractivity contribution in [1.82, 2.24) is 0 Å². The first-order valence-corrected chi connectivity index (χ1v) is 8.46. The van der Waals surface area contributed by atoms with E-state index in [1.54, 1.807) is 0 Å². The molecule has 0 aromatic heterocycles. The van der Waals surface area contributed by atoms with E-state index in [1.807, 2.05) is 12.1 Å². The summed E-state index contributed by atoms with van der Waals surface area (Å²) in [7, 11) is 0. The molecule has 3 rings (SSSR count). The van der Waals surface area contributed by atoms with E-state index < -0.39 is 0 Å². The number of nitrogen functional groups attached to an aromatic ring is 1. The van der Waals surface area contributed by atoms with Gasteiger partial charge in [0.15, 0.2) is 0 Å². The predicted molar refractivity (Wildman–Crippen MR) is 88.7 cm³/mol. The van der Waals surface area contributed by atoms with Crippen molar-refractivity contribution in [3.63, 3.8) is 0 Å². The average molecular weight is 288 g/mol. The molecule has 0 amide bonds. The van der Waals surface area contributed by atoms with Gasteiger partial charge in [-0.3, -0.25) is 0 Å².